The summed E-state index contributed by atoms with van der Waals surface area (Å²) in [6, 6.07) is 0. The molecule has 0 radical (unpaired) electrons. The molecule has 1 saturated carbocycles. The molecule has 98 valence electrons. The molecule has 0 aromatic carbocycles. The first-order chi connectivity index (χ1) is 8.11. The minimum absolute atomic E-state index is 0.000996. The molecule has 2 aliphatic rings. The van der Waals surface area contributed by atoms with Crippen molar-refractivity contribution < 1.29 is 9.53 Å². The molecule has 0 bridgehead atoms. The summed E-state index contributed by atoms with van der Waals surface area (Å²) in [4.78, 5) is 14.4. The van der Waals surface area contributed by atoms with E-state index in [1.807, 2.05) is 11.8 Å². The lowest BCUT2D eigenvalue weighted by atomic mass is 9.96. The van der Waals surface area contributed by atoms with E-state index in [1.54, 1.807) is 0 Å². The summed E-state index contributed by atoms with van der Waals surface area (Å²) in [6.45, 7) is 5.58. The summed E-state index contributed by atoms with van der Waals surface area (Å²) in [6.07, 6.45) is 3.54. The van der Waals surface area contributed by atoms with Gasteiger partial charge >= 0.3 is 0 Å². The first-order valence-corrected chi connectivity index (χ1v) is 7.15. The highest BCUT2D eigenvalue weighted by Gasteiger charge is 2.36. The summed E-state index contributed by atoms with van der Waals surface area (Å²) < 4.78 is 5.68. The van der Waals surface area contributed by atoms with E-state index in [0.717, 1.165) is 13.0 Å². The van der Waals surface area contributed by atoms with Crippen molar-refractivity contribution in [2.24, 2.45) is 11.8 Å². The smallest absolute Gasteiger partial charge is 0.226 e. The lowest BCUT2D eigenvalue weighted by Crippen LogP contribution is -2.51. The number of morpholine rings is 1. The molecule has 0 aromatic heterocycles. The second-order valence-electron chi connectivity index (χ2n) is 5.48. The van der Waals surface area contributed by atoms with Crippen LogP contribution in [0.5, 0.6) is 0 Å². The number of hydrogen-bond acceptors (Lipinski definition) is 2. The van der Waals surface area contributed by atoms with E-state index in [0.29, 0.717) is 24.2 Å². The van der Waals surface area contributed by atoms with Crippen LogP contribution in [0.1, 0.15) is 33.1 Å². The first kappa shape index (κ1) is 13.2. The second-order valence-corrected chi connectivity index (χ2v) is 5.79. The topological polar surface area (TPSA) is 29.5 Å². The van der Waals surface area contributed by atoms with Crippen molar-refractivity contribution in [3.05, 3.63) is 0 Å². The number of carbonyl (C=O) groups is 1. The van der Waals surface area contributed by atoms with Gasteiger partial charge in [0, 0.05) is 19.0 Å². The highest BCUT2D eigenvalue weighted by Crippen LogP contribution is 2.33. The van der Waals surface area contributed by atoms with E-state index in [1.165, 1.54) is 12.8 Å². The second kappa shape index (κ2) is 5.57. The van der Waals surface area contributed by atoms with Crippen molar-refractivity contribution in [3.8, 4) is 0 Å². The summed E-state index contributed by atoms with van der Waals surface area (Å²) in [5.41, 5.74) is 0. The summed E-state index contributed by atoms with van der Waals surface area (Å²) in [7, 11) is 0. The zero-order valence-corrected chi connectivity index (χ0v) is 11.4. The molecule has 1 aliphatic heterocycles. The minimum atomic E-state index is 0.000996. The first-order valence-electron chi connectivity index (χ1n) is 6.62. The monoisotopic (exact) mass is 259 g/mol. The van der Waals surface area contributed by atoms with Gasteiger partial charge in [0.05, 0.1) is 18.1 Å². The van der Waals surface area contributed by atoms with Crippen LogP contribution in [0.2, 0.25) is 0 Å². The van der Waals surface area contributed by atoms with Crippen molar-refractivity contribution in [3.63, 3.8) is 0 Å². The van der Waals surface area contributed by atoms with Gasteiger partial charge in [-0.3, -0.25) is 4.79 Å². The number of hydrogen-bond donors (Lipinski definition) is 0. The predicted octanol–water partition coefficient (Wildman–Crippen LogP) is 2.28. The van der Waals surface area contributed by atoms with Crippen molar-refractivity contribution in [2.75, 3.05) is 19.0 Å². The Morgan fingerprint density at radius 1 is 1.35 bits per heavy atom. The lowest BCUT2D eigenvalue weighted by molar-refractivity contribution is -0.148. The fourth-order valence-corrected chi connectivity index (χ4v) is 3.23. The summed E-state index contributed by atoms with van der Waals surface area (Å²) in [5.74, 6) is 1.56. The fraction of sp³-hybridized carbons (Fsp3) is 0.923. The number of nitrogens with zero attached hydrogens (tertiary/aromatic N) is 1. The van der Waals surface area contributed by atoms with Crippen molar-refractivity contribution in [1.82, 2.24) is 4.90 Å². The van der Waals surface area contributed by atoms with Crippen molar-refractivity contribution in [1.29, 1.82) is 0 Å². The molecule has 3 nitrogen and oxygen atoms in total. The van der Waals surface area contributed by atoms with Gasteiger partial charge in [-0.15, -0.1) is 11.6 Å². The molecular formula is C13H22ClNO2. The van der Waals surface area contributed by atoms with Gasteiger partial charge in [0.15, 0.2) is 0 Å². The molecular weight excluding hydrogens is 238 g/mol. The van der Waals surface area contributed by atoms with Crippen molar-refractivity contribution in [2.45, 2.75) is 45.3 Å². The average molecular weight is 260 g/mol. The van der Waals surface area contributed by atoms with Crippen LogP contribution in [0.4, 0.5) is 0 Å². The predicted molar refractivity (Wildman–Crippen MR) is 68.1 cm³/mol. The number of halogens is 1. The maximum absolute atomic E-state index is 12.4. The molecule has 4 unspecified atom stereocenters. The Morgan fingerprint density at radius 3 is 2.71 bits per heavy atom. The third kappa shape index (κ3) is 2.94. The molecule has 1 aliphatic carbocycles. The van der Waals surface area contributed by atoms with E-state index < -0.39 is 0 Å². The van der Waals surface area contributed by atoms with Gasteiger partial charge < -0.3 is 9.64 Å². The highest BCUT2D eigenvalue weighted by molar-refractivity contribution is 6.18. The van der Waals surface area contributed by atoms with Gasteiger partial charge in [-0.05, 0) is 25.7 Å². The maximum Gasteiger partial charge on any atom is 0.226 e. The maximum atomic E-state index is 12.4. The van der Waals surface area contributed by atoms with Gasteiger partial charge in [0.2, 0.25) is 5.91 Å². The molecule has 0 N–H and O–H groups in total. The Balaban J connectivity index is 1.98. The molecule has 4 atom stereocenters. The largest absolute Gasteiger partial charge is 0.370 e. The number of alkyl halides is 1. The van der Waals surface area contributed by atoms with E-state index in [2.05, 4.69) is 6.92 Å². The number of ether oxygens (including phenoxy) is 1. The van der Waals surface area contributed by atoms with Crippen LogP contribution < -0.4 is 0 Å². The van der Waals surface area contributed by atoms with E-state index in [9.17, 15) is 4.79 Å². The quantitative estimate of drug-likeness (QED) is 0.712. The lowest BCUT2D eigenvalue weighted by Gasteiger charge is -2.37. The third-order valence-corrected chi connectivity index (χ3v) is 4.33. The molecule has 4 heteroatoms. The molecule has 1 amide bonds. The summed E-state index contributed by atoms with van der Waals surface area (Å²) >= 11 is 5.84. The third-order valence-electron chi connectivity index (χ3n) is 3.99. The number of carbonyl (C=O) groups excluding carboxylic acids is 1. The molecule has 2 rings (SSSR count). The van der Waals surface area contributed by atoms with Crippen LogP contribution >= 0.6 is 11.6 Å². The van der Waals surface area contributed by atoms with Crippen molar-refractivity contribution >= 4 is 17.5 Å². The molecule has 2 fully saturated rings. The Labute approximate surface area is 108 Å². The fourth-order valence-electron chi connectivity index (χ4n) is 3.06. The van der Waals surface area contributed by atoms with E-state index >= 15 is 0 Å². The zero-order chi connectivity index (χ0) is 12.4. The zero-order valence-electron chi connectivity index (χ0n) is 10.7. The Morgan fingerprint density at radius 2 is 2.12 bits per heavy atom. The normalized spacial score (nSPS) is 38.4. The number of rotatable bonds is 2. The highest BCUT2D eigenvalue weighted by atomic mass is 35.5. The Kier molecular flexibility index (Phi) is 4.31. The summed E-state index contributed by atoms with van der Waals surface area (Å²) in [5, 5.41) is 0. The standard InChI is InChI=1S/C13H22ClNO2/c1-9-4-3-5-12(9)13(16)15-7-10(2)17-11(6-14)8-15/h9-12H,3-8H2,1-2H3. The van der Waals surface area contributed by atoms with Gasteiger partial charge in [-0.25, -0.2) is 0 Å². The Bertz CT molecular complexity index is 285. The molecule has 0 aromatic rings. The van der Waals surface area contributed by atoms with Gasteiger partial charge in [-0.1, -0.05) is 13.3 Å². The average Bonchev–Trinajstić information content (AvgIpc) is 2.73. The molecule has 0 spiro atoms. The van der Waals surface area contributed by atoms with E-state index in [4.69, 9.17) is 16.3 Å². The van der Waals surface area contributed by atoms with Crippen LogP contribution in [-0.2, 0) is 9.53 Å². The van der Waals surface area contributed by atoms with E-state index in [-0.39, 0.29) is 18.1 Å². The van der Waals surface area contributed by atoms with Gasteiger partial charge in [-0.2, -0.15) is 0 Å². The van der Waals surface area contributed by atoms with Crippen LogP contribution in [0, 0.1) is 11.8 Å². The SMILES string of the molecule is CC1CN(C(=O)C2CCCC2C)CC(CCl)O1. The molecule has 1 saturated heterocycles. The van der Waals surface area contributed by atoms with Gasteiger partial charge in [0.1, 0.15) is 0 Å². The number of amides is 1. The molecule has 1 heterocycles. The van der Waals surface area contributed by atoms with Crippen LogP contribution in [0.15, 0.2) is 0 Å². The van der Waals surface area contributed by atoms with Gasteiger partial charge in [0.25, 0.3) is 0 Å². The van der Waals surface area contributed by atoms with Crippen LogP contribution in [-0.4, -0.2) is 42.0 Å². The van der Waals surface area contributed by atoms with Crippen LogP contribution in [0.25, 0.3) is 0 Å². The minimum Gasteiger partial charge on any atom is -0.370 e. The van der Waals surface area contributed by atoms with Crippen LogP contribution in [0.3, 0.4) is 0 Å². The molecule has 17 heavy (non-hydrogen) atoms. The Hall–Kier alpha value is -0.280.